The summed E-state index contributed by atoms with van der Waals surface area (Å²) >= 11 is 0. The van der Waals surface area contributed by atoms with Crippen LogP contribution in [0.25, 0.3) is 0 Å². The van der Waals surface area contributed by atoms with E-state index in [1.54, 1.807) is 0 Å². The normalized spacial score (nSPS) is 24.0. The summed E-state index contributed by atoms with van der Waals surface area (Å²) in [4.78, 5) is 25.3. The molecule has 166 valence electrons. The van der Waals surface area contributed by atoms with E-state index in [9.17, 15) is 22.4 Å². The van der Waals surface area contributed by atoms with Crippen LogP contribution in [-0.4, -0.2) is 77.7 Å². The minimum atomic E-state index is -4.36. The van der Waals surface area contributed by atoms with Gasteiger partial charge >= 0.3 is 6.18 Å². The van der Waals surface area contributed by atoms with Gasteiger partial charge in [0.25, 0.3) is 0 Å². The number of alkyl halides is 3. The minimum absolute atomic E-state index is 0.155. The maximum atomic E-state index is 14.7. The average Bonchev–Trinajstić information content (AvgIpc) is 3.47. The first-order valence-corrected chi connectivity index (χ1v) is 10.5. The number of hydrogen-bond donors (Lipinski definition) is 0. The fourth-order valence-corrected chi connectivity index (χ4v) is 4.64. The van der Waals surface area contributed by atoms with Gasteiger partial charge in [-0.05, 0) is 51.1 Å². The molecular weight excluding hydrogens is 402 g/mol. The molecule has 6 nitrogen and oxygen atoms in total. The third kappa shape index (κ3) is 4.68. The predicted octanol–water partition coefficient (Wildman–Crippen LogP) is 2.80. The third-order valence-corrected chi connectivity index (χ3v) is 6.38. The molecule has 1 aromatic heterocycles. The van der Waals surface area contributed by atoms with Crippen molar-refractivity contribution in [3.05, 3.63) is 17.8 Å². The zero-order valence-electron chi connectivity index (χ0n) is 17.0. The second kappa shape index (κ2) is 8.28. The molecule has 1 atom stereocenters. The second-order valence-corrected chi connectivity index (χ2v) is 8.71. The van der Waals surface area contributed by atoms with E-state index in [-0.39, 0.29) is 18.3 Å². The van der Waals surface area contributed by atoms with Gasteiger partial charge in [0.15, 0.2) is 11.6 Å². The number of carbonyl (C=O) groups excluding carboxylic acids is 1. The number of amides is 1. The van der Waals surface area contributed by atoms with Crippen LogP contribution in [0.3, 0.4) is 0 Å². The number of piperidine rings is 1. The zero-order chi connectivity index (χ0) is 21.5. The number of rotatable bonds is 6. The summed E-state index contributed by atoms with van der Waals surface area (Å²) < 4.78 is 52.6. The van der Waals surface area contributed by atoms with E-state index in [1.807, 2.05) is 16.8 Å². The average molecular weight is 429 g/mol. The van der Waals surface area contributed by atoms with Gasteiger partial charge in [-0.2, -0.15) is 13.2 Å². The summed E-state index contributed by atoms with van der Waals surface area (Å²) in [6, 6.07) is -0.452. The van der Waals surface area contributed by atoms with Crippen LogP contribution in [0.5, 0.6) is 0 Å². The highest BCUT2D eigenvalue weighted by Crippen LogP contribution is 2.41. The van der Waals surface area contributed by atoms with Crippen molar-refractivity contribution in [2.45, 2.75) is 50.2 Å². The van der Waals surface area contributed by atoms with Gasteiger partial charge in [-0.3, -0.25) is 9.69 Å². The van der Waals surface area contributed by atoms with Crippen molar-refractivity contribution >= 4 is 11.7 Å². The van der Waals surface area contributed by atoms with Crippen molar-refractivity contribution in [1.82, 2.24) is 19.8 Å². The first-order chi connectivity index (χ1) is 14.2. The summed E-state index contributed by atoms with van der Waals surface area (Å²) in [7, 11) is 1.82. The van der Waals surface area contributed by atoms with Crippen LogP contribution in [0.15, 0.2) is 6.33 Å². The largest absolute Gasteiger partial charge is 0.406 e. The lowest BCUT2D eigenvalue weighted by atomic mass is 9.95. The molecule has 1 unspecified atom stereocenters. The number of carbonyl (C=O) groups is 1. The predicted molar refractivity (Wildman–Crippen MR) is 103 cm³/mol. The summed E-state index contributed by atoms with van der Waals surface area (Å²) in [5.41, 5.74) is 0.504. The van der Waals surface area contributed by atoms with Crippen molar-refractivity contribution in [1.29, 1.82) is 0 Å². The molecule has 1 saturated carbocycles. The van der Waals surface area contributed by atoms with E-state index in [0.717, 1.165) is 30.6 Å². The first kappa shape index (κ1) is 21.3. The molecule has 0 bridgehead atoms. The van der Waals surface area contributed by atoms with E-state index >= 15 is 0 Å². The van der Waals surface area contributed by atoms with Gasteiger partial charge in [0.2, 0.25) is 5.91 Å². The number of halogens is 4. The highest BCUT2D eigenvalue weighted by atomic mass is 19.4. The monoisotopic (exact) mass is 429 g/mol. The van der Waals surface area contributed by atoms with Gasteiger partial charge in [-0.15, -0.1) is 0 Å². The fraction of sp³-hybridized carbons (Fsp3) is 0.750. The fourth-order valence-electron chi connectivity index (χ4n) is 4.64. The minimum Gasteiger partial charge on any atom is -0.357 e. The summed E-state index contributed by atoms with van der Waals surface area (Å²) in [6.45, 7) is 0.951. The molecule has 0 aromatic carbocycles. The molecule has 4 rings (SSSR count). The Morgan fingerprint density at radius 3 is 2.43 bits per heavy atom. The molecule has 3 heterocycles. The standard InChI is InChI=1S/C20H27F4N5O/c1-27(18-16(21)17(14-2-3-14)25-12-26-18)10-13-4-7-28(8-5-13)15-6-9-29(19(15)30)11-20(22,23)24/h12-15H,2-11H2,1H3. The molecule has 3 aliphatic rings. The summed E-state index contributed by atoms with van der Waals surface area (Å²) in [6.07, 6.45) is 1.06. The molecule has 1 amide bonds. The highest BCUT2D eigenvalue weighted by Gasteiger charge is 2.42. The zero-order valence-corrected chi connectivity index (χ0v) is 17.0. The van der Waals surface area contributed by atoms with E-state index in [4.69, 9.17) is 0 Å². The molecular formula is C20H27F4N5O. The van der Waals surface area contributed by atoms with Crippen molar-refractivity contribution in [2.75, 3.05) is 44.7 Å². The Kier molecular flexibility index (Phi) is 5.87. The van der Waals surface area contributed by atoms with Crippen LogP contribution in [0.1, 0.15) is 43.7 Å². The Bertz CT molecular complexity index is 777. The Balaban J connectivity index is 1.29. The van der Waals surface area contributed by atoms with E-state index in [0.29, 0.717) is 43.5 Å². The molecule has 1 aliphatic carbocycles. The molecule has 0 radical (unpaired) electrons. The van der Waals surface area contributed by atoms with Crippen molar-refractivity contribution in [3.8, 4) is 0 Å². The van der Waals surface area contributed by atoms with Gasteiger partial charge in [0.1, 0.15) is 12.9 Å². The van der Waals surface area contributed by atoms with Crippen LogP contribution in [-0.2, 0) is 4.79 Å². The van der Waals surface area contributed by atoms with Crippen molar-refractivity contribution in [3.63, 3.8) is 0 Å². The van der Waals surface area contributed by atoms with Crippen LogP contribution < -0.4 is 4.90 Å². The number of anilines is 1. The van der Waals surface area contributed by atoms with Gasteiger partial charge in [0.05, 0.1) is 11.7 Å². The Labute approximate surface area is 173 Å². The number of hydrogen-bond acceptors (Lipinski definition) is 5. The first-order valence-electron chi connectivity index (χ1n) is 10.5. The molecule has 0 N–H and O–H groups in total. The Morgan fingerprint density at radius 1 is 1.10 bits per heavy atom. The lowest BCUT2D eigenvalue weighted by Gasteiger charge is -2.36. The van der Waals surface area contributed by atoms with Crippen LogP contribution in [0.2, 0.25) is 0 Å². The number of nitrogens with zero attached hydrogens (tertiary/aromatic N) is 5. The SMILES string of the molecule is CN(CC1CCN(C2CCN(CC(F)(F)F)C2=O)CC1)c1ncnc(C2CC2)c1F. The Morgan fingerprint density at radius 2 is 1.80 bits per heavy atom. The number of aromatic nitrogens is 2. The molecule has 10 heteroatoms. The molecule has 2 aliphatic heterocycles. The van der Waals surface area contributed by atoms with Gasteiger partial charge in [0, 0.05) is 26.1 Å². The van der Waals surface area contributed by atoms with Gasteiger partial charge in [-0.25, -0.2) is 14.4 Å². The van der Waals surface area contributed by atoms with E-state index in [2.05, 4.69) is 9.97 Å². The van der Waals surface area contributed by atoms with Crippen LogP contribution in [0, 0.1) is 11.7 Å². The molecule has 30 heavy (non-hydrogen) atoms. The van der Waals surface area contributed by atoms with Gasteiger partial charge < -0.3 is 9.80 Å². The maximum Gasteiger partial charge on any atom is 0.406 e. The summed E-state index contributed by atoms with van der Waals surface area (Å²) in [5.74, 6) is 0.0971. The van der Waals surface area contributed by atoms with Crippen LogP contribution in [0.4, 0.5) is 23.4 Å². The molecule has 0 spiro atoms. The summed E-state index contributed by atoms with van der Waals surface area (Å²) in [5, 5.41) is 0. The lowest BCUT2D eigenvalue weighted by molar-refractivity contribution is -0.159. The second-order valence-electron chi connectivity index (χ2n) is 8.71. The Hall–Kier alpha value is -1.97. The van der Waals surface area contributed by atoms with Gasteiger partial charge in [-0.1, -0.05) is 0 Å². The third-order valence-electron chi connectivity index (χ3n) is 6.38. The van der Waals surface area contributed by atoms with E-state index in [1.165, 1.54) is 6.33 Å². The maximum absolute atomic E-state index is 14.7. The molecule has 1 aromatic rings. The smallest absolute Gasteiger partial charge is 0.357 e. The van der Waals surface area contributed by atoms with Crippen molar-refractivity contribution < 1.29 is 22.4 Å². The lowest BCUT2D eigenvalue weighted by Crippen LogP contribution is -2.48. The molecule has 3 fully saturated rings. The highest BCUT2D eigenvalue weighted by molar-refractivity contribution is 5.84. The quantitative estimate of drug-likeness (QED) is 0.651. The number of likely N-dealkylation sites (tertiary alicyclic amines) is 2. The van der Waals surface area contributed by atoms with E-state index < -0.39 is 24.7 Å². The van der Waals surface area contributed by atoms with Crippen molar-refractivity contribution in [2.24, 2.45) is 5.92 Å². The van der Waals surface area contributed by atoms with Crippen LogP contribution >= 0.6 is 0 Å². The topological polar surface area (TPSA) is 52.6 Å². The molecule has 2 saturated heterocycles.